The summed E-state index contributed by atoms with van der Waals surface area (Å²) in [4.78, 5) is 25.2. The molecule has 17 heavy (non-hydrogen) atoms. The molecule has 2 N–H and O–H groups in total. The van der Waals surface area contributed by atoms with Gasteiger partial charge in [-0.1, -0.05) is 12.2 Å². The van der Waals surface area contributed by atoms with Gasteiger partial charge in [0.15, 0.2) is 0 Å². The average Bonchev–Trinajstić information content (AvgIpc) is 2.28. The molecule has 1 aromatic rings. The van der Waals surface area contributed by atoms with Crippen molar-refractivity contribution in [3.05, 3.63) is 34.2 Å². The quantitative estimate of drug-likeness (QED) is 0.775. The molecular weight excluding hydrogens is 238 g/mol. The normalized spacial score (nSPS) is 10.0. The maximum absolute atomic E-state index is 12.0. The van der Waals surface area contributed by atoms with E-state index in [1.807, 2.05) is 6.92 Å². The van der Waals surface area contributed by atoms with Gasteiger partial charge in [-0.15, -0.1) is 0 Å². The Kier molecular flexibility index (Phi) is 4.39. The standard InChI is InChI=1S/C11H15N3O2S/c1-3-14(7-9(12)17)11(16)8-4-5-13(2)10(15)6-8/h4-6H,3,7H2,1-2H3,(H2,12,17). The number of rotatable bonds is 4. The van der Waals surface area contributed by atoms with Gasteiger partial charge in [0.2, 0.25) is 0 Å². The van der Waals surface area contributed by atoms with Crippen LogP contribution in [0.4, 0.5) is 0 Å². The molecule has 0 aliphatic heterocycles. The number of hydrogen-bond acceptors (Lipinski definition) is 3. The minimum atomic E-state index is -0.238. The van der Waals surface area contributed by atoms with Gasteiger partial charge in [-0.2, -0.15) is 0 Å². The molecule has 1 aromatic heterocycles. The Morgan fingerprint density at radius 1 is 1.59 bits per heavy atom. The predicted octanol–water partition coefficient (Wildman–Crippen LogP) is 0.134. The van der Waals surface area contributed by atoms with E-state index in [0.717, 1.165) is 0 Å². The molecule has 5 nitrogen and oxygen atoms in total. The van der Waals surface area contributed by atoms with Gasteiger partial charge < -0.3 is 15.2 Å². The van der Waals surface area contributed by atoms with Crippen molar-refractivity contribution in [2.45, 2.75) is 6.92 Å². The lowest BCUT2D eigenvalue weighted by Crippen LogP contribution is -2.38. The summed E-state index contributed by atoms with van der Waals surface area (Å²) in [5.41, 5.74) is 5.54. The molecule has 0 saturated heterocycles. The summed E-state index contributed by atoms with van der Waals surface area (Å²) in [5, 5.41) is 0. The number of likely N-dealkylation sites (N-methyl/N-ethyl adjacent to an activating group) is 1. The molecule has 0 aliphatic carbocycles. The summed E-state index contributed by atoms with van der Waals surface area (Å²) < 4.78 is 1.40. The SMILES string of the molecule is CCN(CC(N)=S)C(=O)c1ccn(C)c(=O)c1. The van der Waals surface area contributed by atoms with Crippen LogP contribution in [-0.2, 0) is 7.05 Å². The molecule has 6 heteroatoms. The Bertz CT molecular complexity index is 496. The van der Waals surface area contributed by atoms with Crippen molar-refractivity contribution in [1.82, 2.24) is 9.47 Å². The first kappa shape index (κ1) is 13.4. The summed E-state index contributed by atoms with van der Waals surface area (Å²) in [6, 6.07) is 2.91. The average molecular weight is 253 g/mol. The van der Waals surface area contributed by atoms with E-state index in [1.54, 1.807) is 19.3 Å². The van der Waals surface area contributed by atoms with Crippen molar-refractivity contribution in [1.29, 1.82) is 0 Å². The largest absolute Gasteiger partial charge is 0.392 e. The number of nitrogens with zero attached hydrogens (tertiary/aromatic N) is 2. The first-order valence-electron chi connectivity index (χ1n) is 5.20. The van der Waals surface area contributed by atoms with E-state index in [1.165, 1.54) is 15.5 Å². The van der Waals surface area contributed by atoms with Gasteiger partial charge in [0.05, 0.1) is 11.5 Å². The third kappa shape index (κ3) is 3.39. The van der Waals surface area contributed by atoms with E-state index in [0.29, 0.717) is 12.1 Å². The van der Waals surface area contributed by atoms with Gasteiger partial charge >= 0.3 is 0 Å². The van der Waals surface area contributed by atoms with Crippen LogP contribution in [-0.4, -0.2) is 33.5 Å². The van der Waals surface area contributed by atoms with Crippen molar-refractivity contribution in [2.24, 2.45) is 12.8 Å². The third-order valence-corrected chi connectivity index (χ3v) is 2.50. The second kappa shape index (κ2) is 5.58. The number of aromatic nitrogens is 1. The van der Waals surface area contributed by atoms with E-state index in [2.05, 4.69) is 0 Å². The highest BCUT2D eigenvalue weighted by atomic mass is 32.1. The highest BCUT2D eigenvalue weighted by molar-refractivity contribution is 7.80. The smallest absolute Gasteiger partial charge is 0.254 e. The van der Waals surface area contributed by atoms with Crippen LogP contribution < -0.4 is 11.3 Å². The topological polar surface area (TPSA) is 68.3 Å². The van der Waals surface area contributed by atoms with Gasteiger partial charge in [-0.3, -0.25) is 9.59 Å². The van der Waals surface area contributed by atoms with Crippen LogP contribution in [0.2, 0.25) is 0 Å². The first-order chi connectivity index (χ1) is 7.95. The fourth-order valence-corrected chi connectivity index (χ4v) is 1.54. The number of aryl methyl sites for hydroxylation is 1. The van der Waals surface area contributed by atoms with Crippen molar-refractivity contribution in [2.75, 3.05) is 13.1 Å². The molecule has 0 aliphatic rings. The lowest BCUT2D eigenvalue weighted by atomic mass is 10.2. The number of pyridine rings is 1. The molecule has 0 unspecified atom stereocenters. The van der Waals surface area contributed by atoms with Crippen LogP contribution in [0, 0.1) is 0 Å². The van der Waals surface area contributed by atoms with Gasteiger partial charge in [-0.05, 0) is 13.0 Å². The molecule has 1 heterocycles. The molecule has 0 bridgehead atoms. The lowest BCUT2D eigenvalue weighted by molar-refractivity contribution is 0.0787. The van der Waals surface area contributed by atoms with Gasteiger partial charge in [0.25, 0.3) is 11.5 Å². The molecule has 0 fully saturated rings. The van der Waals surface area contributed by atoms with E-state index >= 15 is 0 Å². The lowest BCUT2D eigenvalue weighted by Gasteiger charge is -2.20. The monoisotopic (exact) mass is 253 g/mol. The molecule has 92 valence electrons. The van der Waals surface area contributed by atoms with Crippen LogP contribution in [0.15, 0.2) is 23.1 Å². The van der Waals surface area contributed by atoms with E-state index in [-0.39, 0.29) is 23.0 Å². The Balaban J connectivity index is 2.97. The third-order valence-electron chi connectivity index (χ3n) is 2.37. The van der Waals surface area contributed by atoms with E-state index in [4.69, 9.17) is 18.0 Å². The molecule has 1 amide bonds. The first-order valence-corrected chi connectivity index (χ1v) is 5.60. The van der Waals surface area contributed by atoms with Crippen LogP contribution in [0.3, 0.4) is 0 Å². The predicted molar refractivity (Wildman–Crippen MR) is 70.0 cm³/mol. The van der Waals surface area contributed by atoms with Gasteiger partial charge in [0, 0.05) is 31.4 Å². The Labute approximate surface area is 105 Å². The second-order valence-electron chi connectivity index (χ2n) is 3.65. The number of hydrogen-bond donors (Lipinski definition) is 1. The maximum Gasteiger partial charge on any atom is 0.254 e. The van der Waals surface area contributed by atoms with Crippen LogP contribution in [0.1, 0.15) is 17.3 Å². The number of amides is 1. The number of thiocarbonyl (C=S) groups is 1. The zero-order valence-electron chi connectivity index (χ0n) is 9.84. The summed E-state index contributed by atoms with van der Waals surface area (Å²) in [6.07, 6.45) is 1.56. The number of carbonyl (C=O) groups is 1. The zero-order valence-corrected chi connectivity index (χ0v) is 10.7. The van der Waals surface area contributed by atoms with Crippen LogP contribution >= 0.6 is 12.2 Å². The van der Waals surface area contributed by atoms with Crippen LogP contribution in [0.25, 0.3) is 0 Å². The fourth-order valence-electron chi connectivity index (χ4n) is 1.38. The molecule has 0 saturated carbocycles. The minimum Gasteiger partial charge on any atom is -0.392 e. The number of carbonyl (C=O) groups excluding carboxylic acids is 1. The minimum absolute atomic E-state index is 0.220. The van der Waals surface area contributed by atoms with Gasteiger partial charge in [0.1, 0.15) is 0 Å². The fraction of sp³-hybridized carbons (Fsp3) is 0.364. The molecule has 0 radical (unpaired) electrons. The van der Waals surface area contributed by atoms with Crippen molar-refractivity contribution >= 4 is 23.1 Å². The van der Waals surface area contributed by atoms with E-state index in [9.17, 15) is 9.59 Å². The highest BCUT2D eigenvalue weighted by Crippen LogP contribution is 2.02. The Morgan fingerprint density at radius 2 is 2.24 bits per heavy atom. The van der Waals surface area contributed by atoms with Crippen LogP contribution in [0.5, 0.6) is 0 Å². The summed E-state index contributed by atoms with van der Waals surface area (Å²) in [6.45, 7) is 2.54. The summed E-state index contributed by atoms with van der Waals surface area (Å²) in [7, 11) is 1.63. The summed E-state index contributed by atoms with van der Waals surface area (Å²) >= 11 is 4.77. The van der Waals surface area contributed by atoms with E-state index < -0.39 is 0 Å². The molecule has 0 aromatic carbocycles. The molecule has 0 spiro atoms. The van der Waals surface area contributed by atoms with Gasteiger partial charge in [-0.25, -0.2) is 0 Å². The Hall–Kier alpha value is -1.69. The second-order valence-corrected chi connectivity index (χ2v) is 4.17. The molecular formula is C11H15N3O2S. The number of nitrogens with two attached hydrogens (primary N) is 1. The highest BCUT2D eigenvalue weighted by Gasteiger charge is 2.15. The van der Waals surface area contributed by atoms with Crippen molar-refractivity contribution < 1.29 is 4.79 Å². The van der Waals surface area contributed by atoms with Crippen molar-refractivity contribution in [3.63, 3.8) is 0 Å². The van der Waals surface area contributed by atoms with Crippen molar-refractivity contribution in [3.8, 4) is 0 Å². The maximum atomic E-state index is 12.0. The molecule has 1 rings (SSSR count). The summed E-state index contributed by atoms with van der Waals surface area (Å²) in [5.74, 6) is -0.238. The Morgan fingerprint density at radius 3 is 2.71 bits per heavy atom. The zero-order chi connectivity index (χ0) is 13.0. The molecule has 0 atom stereocenters.